The zero-order chi connectivity index (χ0) is 18.0. The molecule has 0 aromatic heterocycles. The summed E-state index contributed by atoms with van der Waals surface area (Å²) in [6.07, 6.45) is 2.23. The van der Waals surface area contributed by atoms with Crippen molar-refractivity contribution in [2.45, 2.75) is 37.6 Å². The Balaban J connectivity index is 1.70. The lowest BCUT2D eigenvalue weighted by Crippen LogP contribution is -2.45. The Morgan fingerprint density at radius 2 is 1.80 bits per heavy atom. The minimum Gasteiger partial charge on any atom is -0.481 e. The smallest absolute Gasteiger partial charge is 0.305 e. The van der Waals surface area contributed by atoms with E-state index < -0.39 is 5.97 Å². The number of halogens is 2. The quantitative estimate of drug-likeness (QED) is 0.812. The lowest BCUT2D eigenvalue weighted by molar-refractivity contribution is -0.141. The van der Waals surface area contributed by atoms with Crippen LogP contribution < -0.4 is 0 Å². The van der Waals surface area contributed by atoms with Gasteiger partial charge in [0.05, 0.1) is 6.42 Å². The van der Waals surface area contributed by atoms with Crippen molar-refractivity contribution in [3.8, 4) is 0 Å². The van der Waals surface area contributed by atoms with E-state index in [-0.39, 0.29) is 36.8 Å². The number of aliphatic carboxylic acids is 1. The third kappa shape index (κ3) is 4.66. The molecule has 1 N–H and O–H groups in total. The largest absolute Gasteiger partial charge is 0.481 e. The first-order chi connectivity index (χ1) is 12.0. The second kappa shape index (κ2) is 7.94. The highest BCUT2D eigenvalue weighted by atomic mass is 35.5. The van der Waals surface area contributed by atoms with Crippen molar-refractivity contribution in [3.05, 3.63) is 33.8 Å². The van der Waals surface area contributed by atoms with E-state index in [0.29, 0.717) is 23.3 Å². The van der Waals surface area contributed by atoms with Crippen molar-refractivity contribution >= 4 is 35.1 Å². The number of carbonyl (C=O) groups is 2. The van der Waals surface area contributed by atoms with E-state index in [0.717, 1.165) is 24.8 Å². The van der Waals surface area contributed by atoms with E-state index in [4.69, 9.17) is 33.0 Å². The van der Waals surface area contributed by atoms with Crippen LogP contribution in [0.15, 0.2) is 18.2 Å². The van der Waals surface area contributed by atoms with E-state index in [9.17, 15) is 9.59 Å². The number of ether oxygens (including phenoxy) is 1. The molecule has 1 amide bonds. The predicted octanol–water partition coefficient (Wildman–Crippen LogP) is 3.58. The molecule has 0 bridgehead atoms. The van der Waals surface area contributed by atoms with Crippen molar-refractivity contribution in [2.24, 2.45) is 5.92 Å². The summed E-state index contributed by atoms with van der Waals surface area (Å²) in [6.45, 7) is 1.47. The summed E-state index contributed by atoms with van der Waals surface area (Å²) in [6, 6.07) is 5.43. The molecule has 1 saturated carbocycles. The first kappa shape index (κ1) is 18.5. The van der Waals surface area contributed by atoms with E-state index >= 15 is 0 Å². The topological polar surface area (TPSA) is 66.8 Å². The van der Waals surface area contributed by atoms with Gasteiger partial charge in [-0.3, -0.25) is 9.59 Å². The fourth-order valence-electron chi connectivity index (χ4n) is 3.52. The highest BCUT2D eigenvalue weighted by Crippen LogP contribution is 2.49. The van der Waals surface area contributed by atoms with E-state index in [1.165, 1.54) is 0 Å². The van der Waals surface area contributed by atoms with Gasteiger partial charge in [0, 0.05) is 41.8 Å². The number of nitrogens with zero attached hydrogens (tertiary/aromatic N) is 1. The summed E-state index contributed by atoms with van der Waals surface area (Å²) < 4.78 is 5.36. The van der Waals surface area contributed by atoms with Gasteiger partial charge in [0.25, 0.3) is 0 Å². The molecule has 5 nitrogen and oxygen atoms in total. The van der Waals surface area contributed by atoms with Gasteiger partial charge >= 0.3 is 5.97 Å². The number of rotatable bonds is 6. The minimum atomic E-state index is -0.890. The lowest BCUT2D eigenvalue weighted by atomic mass is 10.0. The molecule has 2 fully saturated rings. The number of amides is 1. The van der Waals surface area contributed by atoms with Gasteiger partial charge in [-0.1, -0.05) is 23.2 Å². The summed E-state index contributed by atoms with van der Waals surface area (Å²) in [4.78, 5) is 25.7. The average Bonchev–Trinajstić information content (AvgIpc) is 3.35. The Hall–Kier alpha value is -1.30. The number of carbonyl (C=O) groups excluding carboxylic acids is 1. The normalized spacial score (nSPS) is 23.3. The highest BCUT2D eigenvalue weighted by Gasteiger charge is 2.47. The van der Waals surface area contributed by atoms with E-state index in [1.807, 2.05) is 12.1 Å². The predicted molar refractivity (Wildman–Crippen MR) is 95.1 cm³/mol. The Kier molecular flexibility index (Phi) is 5.87. The first-order valence-corrected chi connectivity index (χ1v) is 9.27. The van der Waals surface area contributed by atoms with Crippen LogP contribution in [0.2, 0.25) is 10.0 Å². The van der Waals surface area contributed by atoms with Gasteiger partial charge in [0.15, 0.2) is 0 Å². The SMILES string of the molecule is O=C(O)CCN(C(=O)C1CC1c1cc(Cl)cc(Cl)c1)C1CCOCC1. The standard InChI is InChI=1S/C18H21Cl2NO4/c19-12-7-11(8-13(20)9-12)15-10-16(15)18(24)21(4-1-17(22)23)14-2-5-25-6-3-14/h7-9,14-16H,1-6,10H2,(H,22,23). The summed E-state index contributed by atoms with van der Waals surface area (Å²) in [5, 5.41) is 10.1. The molecule has 1 heterocycles. The van der Waals surface area contributed by atoms with Gasteiger partial charge < -0.3 is 14.7 Å². The van der Waals surface area contributed by atoms with Crippen LogP contribution in [0, 0.1) is 5.92 Å². The van der Waals surface area contributed by atoms with Crippen molar-refractivity contribution < 1.29 is 19.4 Å². The van der Waals surface area contributed by atoms with Crippen LogP contribution >= 0.6 is 23.2 Å². The number of hydrogen-bond donors (Lipinski definition) is 1. The van der Waals surface area contributed by atoms with Gasteiger partial charge in [-0.25, -0.2) is 0 Å². The Labute approximate surface area is 156 Å². The summed E-state index contributed by atoms with van der Waals surface area (Å²) in [5.41, 5.74) is 0.973. The maximum Gasteiger partial charge on any atom is 0.305 e. The monoisotopic (exact) mass is 385 g/mol. The molecule has 136 valence electrons. The number of benzene rings is 1. The molecular formula is C18H21Cl2NO4. The van der Waals surface area contributed by atoms with Crippen molar-refractivity contribution in [1.29, 1.82) is 0 Å². The molecule has 1 aliphatic heterocycles. The molecule has 0 spiro atoms. The van der Waals surface area contributed by atoms with Crippen LogP contribution in [0.4, 0.5) is 0 Å². The summed E-state index contributed by atoms with van der Waals surface area (Å²) >= 11 is 12.1. The third-order valence-electron chi connectivity index (χ3n) is 4.90. The molecule has 1 aliphatic carbocycles. The van der Waals surface area contributed by atoms with Crippen LogP contribution in [0.5, 0.6) is 0 Å². The summed E-state index contributed by atoms with van der Waals surface area (Å²) in [7, 11) is 0. The van der Waals surface area contributed by atoms with Gasteiger partial charge in [0.1, 0.15) is 0 Å². The minimum absolute atomic E-state index is 0.0363. The lowest BCUT2D eigenvalue weighted by Gasteiger charge is -2.34. The van der Waals surface area contributed by atoms with Crippen LogP contribution in [0.3, 0.4) is 0 Å². The Morgan fingerprint density at radius 1 is 1.16 bits per heavy atom. The van der Waals surface area contributed by atoms with Crippen LogP contribution in [-0.2, 0) is 14.3 Å². The van der Waals surface area contributed by atoms with Gasteiger partial charge in [0.2, 0.25) is 5.91 Å². The molecule has 1 saturated heterocycles. The number of carboxylic acid groups (broad SMARTS) is 1. The molecule has 2 atom stereocenters. The molecule has 2 aliphatic rings. The zero-order valence-corrected chi connectivity index (χ0v) is 15.3. The molecule has 0 radical (unpaired) electrons. The van der Waals surface area contributed by atoms with Crippen LogP contribution in [-0.4, -0.2) is 47.7 Å². The fraction of sp³-hybridized carbons (Fsp3) is 0.556. The van der Waals surface area contributed by atoms with E-state index in [2.05, 4.69) is 0 Å². The van der Waals surface area contributed by atoms with Crippen molar-refractivity contribution in [1.82, 2.24) is 4.90 Å². The molecule has 3 rings (SSSR count). The molecule has 7 heteroatoms. The van der Waals surface area contributed by atoms with E-state index in [1.54, 1.807) is 11.0 Å². The third-order valence-corrected chi connectivity index (χ3v) is 5.34. The Bertz CT molecular complexity index is 640. The molecule has 1 aromatic rings. The first-order valence-electron chi connectivity index (χ1n) is 8.51. The maximum absolute atomic E-state index is 13.0. The van der Waals surface area contributed by atoms with Crippen LogP contribution in [0.25, 0.3) is 0 Å². The average molecular weight is 386 g/mol. The van der Waals surface area contributed by atoms with Gasteiger partial charge in [-0.15, -0.1) is 0 Å². The van der Waals surface area contributed by atoms with Crippen molar-refractivity contribution in [2.75, 3.05) is 19.8 Å². The Morgan fingerprint density at radius 3 is 2.40 bits per heavy atom. The number of hydrogen-bond acceptors (Lipinski definition) is 3. The van der Waals surface area contributed by atoms with Gasteiger partial charge in [-0.2, -0.15) is 0 Å². The zero-order valence-electron chi connectivity index (χ0n) is 13.8. The maximum atomic E-state index is 13.0. The second-order valence-corrected chi connectivity index (χ2v) is 7.54. The second-order valence-electron chi connectivity index (χ2n) is 6.67. The summed E-state index contributed by atoms with van der Waals surface area (Å²) in [5.74, 6) is -0.866. The fourth-order valence-corrected chi connectivity index (χ4v) is 4.07. The molecule has 25 heavy (non-hydrogen) atoms. The molecular weight excluding hydrogens is 365 g/mol. The van der Waals surface area contributed by atoms with Crippen LogP contribution in [0.1, 0.15) is 37.2 Å². The molecule has 1 aromatic carbocycles. The molecule has 2 unspecified atom stereocenters. The van der Waals surface area contributed by atoms with Gasteiger partial charge in [-0.05, 0) is 48.9 Å². The number of carboxylic acids is 1. The highest BCUT2D eigenvalue weighted by molar-refractivity contribution is 6.34. The van der Waals surface area contributed by atoms with Crippen molar-refractivity contribution in [3.63, 3.8) is 0 Å².